The molecule has 7 nitrogen and oxygen atoms in total. The van der Waals surface area contributed by atoms with E-state index in [9.17, 15) is 14.0 Å². The molecule has 29 heavy (non-hydrogen) atoms. The summed E-state index contributed by atoms with van der Waals surface area (Å²) in [4.78, 5) is 26.3. The fourth-order valence-electron chi connectivity index (χ4n) is 2.37. The number of hydrogen-bond donors (Lipinski definition) is 4. The summed E-state index contributed by atoms with van der Waals surface area (Å²) in [5.41, 5.74) is 7.40. The van der Waals surface area contributed by atoms with Crippen LogP contribution in [0.2, 0.25) is 0 Å². The Bertz CT molecular complexity index is 978. The van der Waals surface area contributed by atoms with Crippen LogP contribution in [0.5, 0.6) is 0 Å². The summed E-state index contributed by atoms with van der Waals surface area (Å²) in [5, 5.41) is 9.77. The number of halogens is 1. The molecule has 2 amide bonds. The Hall–Kier alpha value is -3.94. The monoisotopic (exact) mass is 397 g/mol. The summed E-state index contributed by atoms with van der Waals surface area (Å²) < 4.78 is 9.50. The number of hydrogen-bond acceptors (Lipinski definition) is 3. The highest BCUT2D eigenvalue weighted by Gasteiger charge is 2.14. The average Bonchev–Trinajstić information content (AvgIpc) is 3.36. The SMILES string of the molecule is C=C/C=C\C=C.CF.NC(=O)c1[nH]ncc1NC(=O)Cc1c[nH]c2ccccc12. The molecule has 0 fully saturated rings. The molecule has 0 bridgehead atoms. The van der Waals surface area contributed by atoms with Gasteiger partial charge in [-0.3, -0.25) is 19.1 Å². The van der Waals surface area contributed by atoms with Gasteiger partial charge in [-0.2, -0.15) is 5.10 Å². The van der Waals surface area contributed by atoms with Gasteiger partial charge < -0.3 is 16.0 Å². The van der Waals surface area contributed by atoms with E-state index in [1.54, 1.807) is 18.3 Å². The predicted octanol–water partition coefficient (Wildman–Crippen LogP) is 3.67. The lowest BCUT2D eigenvalue weighted by Gasteiger charge is -2.03. The van der Waals surface area contributed by atoms with E-state index < -0.39 is 5.91 Å². The molecule has 152 valence electrons. The molecule has 3 rings (SSSR count). The number of nitrogens with two attached hydrogens (primary N) is 1. The Morgan fingerprint density at radius 3 is 2.48 bits per heavy atom. The lowest BCUT2D eigenvalue weighted by Crippen LogP contribution is -2.18. The Balaban J connectivity index is 0.000000454. The van der Waals surface area contributed by atoms with Crippen molar-refractivity contribution in [3.8, 4) is 0 Å². The van der Waals surface area contributed by atoms with Crippen molar-refractivity contribution < 1.29 is 14.0 Å². The molecule has 0 aliphatic heterocycles. The molecule has 0 radical (unpaired) electrons. The molecule has 0 saturated heterocycles. The highest BCUT2D eigenvalue weighted by atomic mass is 19.1. The van der Waals surface area contributed by atoms with E-state index >= 15 is 0 Å². The molecule has 8 heteroatoms. The second-order valence-electron chi connectivity index (χ2n) is 5.46. The number of rotatable bonds is 6. The number of aromatic amines is 2. The van der Waals surface area contributed by atoms with Gasteiger partial charge in [0.2, 0.25) is 5.91 Å². The van der Waals surface area contributed by atoms with Crippen molar-refractivity contribution in [1.82, 2.24) is 15.2 Å². The quantitative estimate of drug-likeness (QED) is 0.475. The lowest BCUT2D eigenvalue weighted by atomic mass is 10.1. The van der Waals surface area contributed by atoms with Crippen LogP contribution in [0.4, 0.5) is 10.1 Å². The van der Waals surface area contributed by atoms with E-state index in [1.807, 2.05) is 36.4 Å². The summed E-state index contributed by atoms with van der Waals surface area (Å²) >= 11 is 0. The number of aromatic nitrogens is 3. The number of nitrogens with zero attached hydrogens (tertiary/aromatic N) is 1. The van der Waals surface area contributed by atoms with E-state index in [-0.39, 0.29) is 23.7 Å². The summed E-state index contributed by atoms with van der Waals surface area (Å²) in [6.45, 7) is 6.93. The number of primary amides is 1. The zero-order valence-corrected chi connectivity index (χ0v) is 16.1. The number of carbonyl (C=O) groups is 2. The maximum Gasteiger partial charge on any atom is 0.268 e. The molecule has 0 unspecified atom stereocenters. The van der Waals surface area contributed by atoms with Gasteiger partial charge in [0.05, 0.1) is 25.5 Å². The first-order valence-electron chi connectivity index (χ1n) is 8.52. The van der Waals surface area contributed by atoms with Gasteiger partial charge in [-0.05, 0) is 11.6 Å². The van der Waals surface area contributed by atoms with Crippen molar-refractivity contribution in [2.45, 2.75) is 6.42 Å². The van der Waals surface area contributed by atoms with Crippen molar-refractivity contribution in [3.05, 3.63) is 85.4 Å². The van der Waals surface area contributed by atoms with Crippen molar-refractivity contribution in [2.24, 2.45) is 5.73 Å². The molecule has 2 heterocycles. The van der Waals surface area contributed by atoms with Gasteiger partial charge >= 0.3 is 0 Å². The number of alkyl halides is 1. The topological polar surface area (TPSA) is 117 Å². The molecule has 0 saturated carbocycles. The number of amides is 2. The number of H-pyrrole nitrogens is 2. The van der Waals surface area contributed by atoms with Crippen LogP contribution in [0.1, 0.15) is 16.1 Å². The van der Waals surface area contributed by atoms with Crippen LogP contribution in [0.25, 0.3) is 10.9 Å². The second-order valence-corrected chi connectivity index (χ2v) is 5.46. The van der Waals surface area contributed by atoms with Crippen LogP contribution in [0.3, 0.4) is 0 Å². The second kappa shape index (κ2) is 12.4. The number of fused-ring (bicyclic) bond motifs is 1. The fourth-order valence-corrected chi connectivity index (χ4v) is 2.37. The molecule has 0 spiro atoms. The van der Waals surface area contributed by atoms with Gasteiger partial charge in [0.15, 0.2) is 0 Å². The first-order valence-corrected chi connectivity index (χ1v) is 8.52. The number of benzene rings is 1. The van der Waals surface area contributed by atoms with E-state index in [0.29, 0.717) is 7.18 Å². The van der Waals surface area contributed by atoms with Gasteiger partial charge in [0.25, 0.3) is 5.91 Å². The van der Waals surface area contributed by atoms with E-state index in [0.717, 1.165) is 16.5 Å². The smallest absolute Gasteiger partial charge is 0.268 e. The molecular weight excluding hydrogens is 373 g/mol. The number of anilines is 1. The minimum Gasteiger partial charge on any atom is -0.364 e. The third-order valence-corrected chi connectivity index (χ3v) is 3.57. The Labute approximate surface area is 168 Å². The number of carbonyl (C=O) groups excluding carboxylic acids is 2. The largest absolute Gasteiger partial charge is 0.364 e. The maximum absolute atomic E-state index is 12.1. The van der Waals surface area contributed by atoms with Crippen LogP contribution >= 0.6 is 0 Å². The fraction of sp³-hybridized carbons (Fsp3) is 0.0952. The number of nitrogens with one attached hydrogen (secondary N) is 3. The molecule has 0 aliphatic carbocycles. The normalized spacial score (nSPS) is 9.72. The third kappa shape index (κ3) is 6.94. The standard InChI is InChI=1S/C14H13N5O2.C6H8.CH3F/c15-14(21)13-11(7-17-19-13)18-12(20)5-8-6-16-10-4-2-1-3-9(8)10;1-3-5-6-4-2;1-2/h1-4,6-7,16H,5H2,(H2,15,21)(H,17,19)(H,18,20);3-6H,1-2H2;1H3/b;6-5-;. The van der Waals surface area contributed by atoms with Crippen molar-refractivity contribution in [3.63, 3.8) is 0 Å². The zero-order valence-electron chi connectivity index (χ0n) is 16.1. The van der Waals surface area contributed by atoms with Crippen LogP contribution in [-0.2, 0) is 11.2 Å². The van der Waals surface area contributed by atoms with Gasteiger partial charge in [-0.1, -0.05) is 55.7 Å². The van der Waals surface area contributed by atoms with Crippen LogP contribution in [0.15, 0.2) is 74.1 Å². The summed E-state index contributed by atoms with van der Waals surface area (Å²) in [6.07, 6.45) is 10.4. The molecule has 0 aliphatic rings. The third-order valence-electron chi connectivity index (χ3n) is 3.57. The van der Waals surface area contributed by atoms with Crippen LogP contribution < -0.4 is 11.1 Å². The highest BCUT2D eigenvalue weighted by Crippen LogP contribution is 2.19. The van der Waals surface area contributed by atoms with Crippen molar-refractivity contribution in [2.75, 3.05) is 12.5 Å². The summed E-state index contributed by atoms with van der Waals surface area (Å²) in [6, 6.07) is 7.73. The molecule has 1 aromatic carbocycles. The Kier molecular flexibility index (Phi) is 9.92. The minimum absolute atomic E-state index is 0.0854. The van der Waals surface area contributed by atoms with Gasteiger partial charge in [0, 0.05) is 17.1 Å². The Morgan fingerprint density at radius 1 is 1.21 bits per heavy atom. The first kappa shape index (κ1) is 23.1. The van der Waals surface area contributed by atoms with Gasteiger partial charge in [0.1, 0.15) is 5.69 Å². The van der Waals surface area contributed by atoms with E-state index in [2.05, 4.69) is 33.7 Å². The van der Waals surface area contributed by atoms with E-state index in [4.69, 9.17) is 5.73 Å². The first-order chi connectivity index (χ1) is 14.1. The maximum atomic E-state index is 12.1. The van der Waals surface area contributed by atoms with Gasteiger partial charge in [-0.15, -0.1) is 0 Å². The molecular formula is C21H24FN5O2. The number of allylic oxidation sites excluding steroid dienone is 4. The Morgan fingerprint density at radius 2 is 1.86 bits per heavy atom. The zero-order chi connectivity index (χ0) is 21.6. The average molecular weight is 397 g/mol. The molecule has 5 N–H and O–H groups in total. The molecule has 0 atom stereocenters. The molecule has 2 aromatic heterocycles. The van der Waals surface area contributed by atoms with Crippen LogP contribution in [-0.4, -0.2) is 34.2 Å². The van der Waals surface area contributed by atoms with Crippen molar-refractivity contribution in [1.29, 1.82) is 0 Å². The minimum atomic E-state index is -0.671. The summed E-state index contributed by atoms with van der Waals surface area (Å²) in [5.74, 6) is -0.918. The summed E-state index contributed by atoms with van der Waals surface area (Å²) in [7, 11) is 0.500. The van der Waals surface area contributed by atoms with Crippen molar-refractivity contribution >= 4 is 28.4 Å². The van der Waals surface area contributed by atoms with Gasteiger partial charge in [-0.25, -0.2) is 0 Å². The van der Waals surface area contributed by atoms with E-state index in [1.165, 1.54) is 6.20 Å². The molecule has 3 aromatic rings. The lowest BCUT2D eigenvalue weighted by molar-refractivity contribution is -0.115. The number of para-hydroxylation sites is 1. The highest BCUT2D eigenvalue weighted by molar-refractivity contribution is 6.02. The predicted molar refractivity (Wildman–Crippen MR) is 114 cm³/mol. The van der Waals surface area contributed by atoms with Crippen LogP contribution in [0, 0.1) is 0 Å².